The van der Waals surface area contributed by atoms with Crippen molar-refractivity contribution in [2.75, 3.05) is 18.4 Å². The summed E-state index contributed by atoms with van der Waals surface area (Å²) < 4.78 is 0. The fraction of sp³-hybridized carbons (Fsp3) is 0.125. The number of rotatable bonds is 8. The van der Waals surface area contributed by atoms with Crippen LogP contribution in [0.15, 0.2) is 84.9 Å². The van der Waals surface area contributed by atoms with E-state index < -0.39 is 0 Å². The molecule has 3 N–H and O–H groups in total. The van der Waals surface area contributed by atoms with E-state index in [1.165, 1.54) is 0 Å². The second-order valence-electron chi connectivity index (χ2n) is 6.67. The molecule has 0 bridgehead atoms. The van der Waals surface area contributed by atoms with Gasteiger partial charge in [0.1, 0.15) is 0 Å². The molecule has 3 amide bonds. The molecule has 0 unspecified atom stereocenters. The maximum atomic E-state index is 12.2. The normalized spacial score (nSPS) is 10.1. The van der Waals surface area contributed by atoms with Crippen molar-refractivity contribution < 1.29 is 14.4 Å². The van der Waals surface area contributed by atoms with Crippen LogP contribution < -0.4 is 16.0 Å². The van der Waals surface area contributed by atoms with Gasteiger partial charge in [0.25, 0.3) is 11.8 Å². The summed E-state index contributed by atoms with van der Waals surface area (Å²) >= 11 is 0. The first kappa shape index (κ1) is 20.8. The highest BCUT2D eigenvalue weighted by atomic mass is 16.2. The van der Waals surface area contributed by atoms with Crippen LogP contribution >= 0.6 is 0 Å². The summed E-state index contributed by atoms with van der Waals surface area (Å²) in [5.74, 6) is -0.542. The van der Waals surface area contributed by atoms with Gasteiger partial charge >= 0.3 is 0 Å². The second-order valence-corrected chi connectivity index (χ2v) is 6.67. The van der Waals surface area contributed by atoms with Crippen molar-refractivity contribution in [2.45, 2.75) is 6.42 Å². The Labute approximate surface area is 175 Å². The minimum atomic E-state index is -0.244. The molecule has 3 aromatic rings. The van der Waals surface area contributed by atoms with Gasteiger partial charge in [-0.25, -0.2) is 0 Å². The van der Waals surface area contributed by atoms with Crippen LogP contribution in [0.4, 0.5) is 5.69 Å². The van der Waals surface area contributed by atoms with Gasteiger partial charge in [-0.05, 0) is 42.0 Å². The molecule has 30 heavy (non-hydrogen) atoms. The maximum absolute atomic E-state index is 12.2. The van der Waals surface area contributed by atoms with Crippen molar-refractivity contribution in [1.82, 2.24) is 10.6 Å². The molecule has 0 fully saturated rings. The van der Waals surface area contributed by atoms with Crippen molar-refractivity contribution in [3.05, 3.63) is 102 Å². The topological polar surface area (TPSA) is 87.3 Å². The van der Waals surface area contributed by atoms with Gasteiger partial charge in [-0.2, -0.15) is 0 Å². The highest BCUT2D eigenvalue weighted by Gasteiger charge is 2.08. The molecule has 152 valence electrons. The zero-order chi connectivity index (χ0) is 21.2. The first-order valence-electron chi connectivity index (χ1n) is 9.67. The van der Waals surface area contributed by atoms with Crippen LogP contribution in [0.25, 0.3) is 0 Å². The molecule has 3 rings (SSSR count). The lowest BCUT2D eigenvalue weighted by Gasteiger charge is -2.09. The Morgan fingerprint density at radius 2 is 1.10 bits per heavy atom. The number of carbonyl (C=O) groups excluding carboxylic acids is 3. The highest BCUT2D eigenvalue weighted by Crippen LogP contribution is 2.10. The average Bonchev–Trinajstić information content (AvgIpc) is 2.78. The maximum Gasteiger partial charge on any atom is 0.251 e. The van der Waals surface area contributed by atoms with E-state index in [1.54, 1.807) is 48.5 Å². The van der Waals surface area contributed by atoms with Crippen LogP contribution in [-0.2, 0) is 11.2 Å². The molecule has 0 aliphatic carbocycles. The van der Waals surface area contributed by atoms with E-state index in [0.717, 1.165) is 5.56 Å². The predicted molar refractivity (Wildman–Crippen MR) is 116 cm³/mol. The second kappa shape index (κ2) is 10.6. The average molecular weight is 401 g/mol. The Kier molecular flexibility index (Phi) is 7.33. The molecule has 6 heteroatoms. The van der Waals surface area contributed by atoms with Gasteiger partial charge in [-0.15, -0.1) is 0 Å². The summed E-state index contributed by atoms with van der Waals surface area (Å²) in [5.41, 5.74) is 2.62. The summed E-state index contributed by atoms with van der Waals surface area (Å²) in [6, 6.07) is 25.1. The molecule has 6 nitrogen and oxygen atoms in total. The third-order valence-electron chi connectivity index (χ3n) is 4.37. The fourth-order valence-corrected chi connectivity index (χ4v) is 2.84. The van der Waals surface area contributed by atoms with Crippen molar-refractivity contribution in [1.29, 1.82) is 0 Å². The first-order valence-corrected chi connectivity index (χ1v) is 9.67. The van der Waals surface area contributed by atoms with E-state index in [2.05, 4.69) is 16.0 Å². The molecule has 3 aromatic carbocycles. The van der Waals surface area contributed by atoms with E-state index in [1.807, 2.05) is 36.4 Å². The largest absolute Gasteiger partial charge is 0.350 e. The summed E-state index contributed by atoms with van der Waals surface area (Å²) in [6.07, 6.45) is 0.289. The van der Waals surface area contributed by atoms with Gasteiger partial charge in [0.15, 0.2) is 0 Å². The Hall–Kier alpha value is -3.93. The Morgan fingerprint density at radius 1 is 0.600 bits per heavy atom. The van der Waals surface area contributed by atoms with E-state index in [-0.39, 0.29) is 24.1 Å². The number of hydrogen-bond donors (Lipinski definition) is 3. The van der Waals surface area contributed by atoms with E-state index in [9.17, 15) is 14.4 Å². The Morgan fingerprint density at radius 3 is 1.67 bits per heavy atom. The SMILES string of the molecule is O=C(Cc1ccccc1)Nc1ccc(C(=O)NCCNC(=O)c2ccccc2)cc1. The lowest BCUT2D eigenvalue weighted by molar-refractivity contribution is -0.115. The van der Waals surface area contributed by atoms with Crippen LogP contribution in [0.1, 0.15) is 26.3 Å². The predicted octanol–water partition coefficient (Wildman–Crippen LogP) is 3.03. The number of anilines is 1. The van der Waals surface area contributed by atoms with Gasteiger partial charge < -0.3 is 16.0 Å². The third-order valence-corrected chi connectivity index (χ3v) is 4.37. The van der Waals surface area contributed by atoms with Gasteiger partial charge in [-0.3, -0.25) is 14.4 Å². The Balaban J connectivity index is 1.41. The van der Waals surface area contributed by atoms with E-state index >= 15 is 0 Å². The number of hydrogen-bond acceptors (Lipinski definition) is 3. The molecular weight excluding hydrogens is 378 g/mol. The molecule has 0 saturated heterocycles. The third kappa shape index (κ3) is 6.31. The smallest absolute Gasteiger partial charge is 0.251 e. The van der Waals surface area contributed by atoms with Crippen LogP contribution in [-0.4, -0.2) is 30.8 Å². The molecular formula is C24H23N3O3. The molecule has 0 heterocycles. The first-order chi connectivity index (χ1) is 14.6. The van der Waals surface area contributed by atoms with E-state index in [0.29, 0.717) is 29.9 Å². The van der Waals surface area contributed by atoms with Crippen LogP contribution in [0, 0.1) is 0 Å². The van der Waals surface area contributed by atoms with Gasteiger partial charge in [0.2, 0.25) is 5.91 Å². The minimum absolute atomic E-state index is 0.118. The van der Waals surface area contributed by atoms with Crippen LogP contribution in [0.3, 0.4) is 0 Å². The summed E-state index contributed by atoms with van der Waals surface area (Å²) in [7, 11) is 0. The lowest BCUT2D eigenvalue weighted by Crippen LogP contribution is -2.34. The van der Waals surface area contributed by atoms with E-state index in [4.69, 9.17) is 0 Å². The monoisotopic (exact) mass is 401 g/mol. The van der Waals surface area contributed by atoms with Crippen molar-refractivity contribution in [3.8, 4) is 0 Å². The molecule has 0 aliphatic rings. The number of amides is 3. The number of carbonyl (C=O) groups is 3. The molecule has 0 saturated carbocycles. The summed E-state index contributed by atoms with van der Waals surface area (Å²) in [6.45, 7) is 0.639. The van der Waals surface area contributed by atoms with Crippen LogP contribution in [0.2, 0.25) is 0 Å². The van der Waals surface area contributed by atoms with Crippen molar-refractivity contribution in [3.63, 3.8) is 0 Å². The van der Waals surface area contributed by atoms with Gasteiger partial charge in [0.05, 0.1) is 6.42 Å². The summed E-state index contributed by atoms with van der Waals surface area (Å²) in [4.78, 5) is 36.3. The van der Waals surface area contributed by atoms with Crippen molar-refractivity contribution in [2.24, 2.45) is 0 Å². The zero-order valence-corrected chi connectivity index (χ0v) is 16.4. The van der Waals surface area contributed by atoms with Gasteiger partial charge in [-0.1, -0.05) is 48.5 Å². The molecule has 0 aromatic heterocycles. The highest BCUT2D eigenvalue weighted by molar-refractivity contribution is 5.96. The quantitative estimate of drug-likeness (QED) is 0.507. The summed E-state index contributed by atoms with van der Waals surface area (Å²) in [5, 5.41) is 8.33. The van der Waals surface area contributed by atoms with Crippen LogP contribution in [0.5, 0.6) is 0 Å². The minimum Gasteiger partial charge on any atom is -0.350 e. The lowest BCUT2D eigenvalue weighted by atomic mass is 10.1. The molecule has 0 atom stereocenters. The molecule has 0 aliphatic heterocycles. The Bertz CT molecular complexity index is 987. The van der Waals surface area contributed by atoms with Crippen molar-refractivity contribution >= 4 is 23.4 Å². The zero-order valence-electron chi connectivity index (χ0n) is 16.4. The number of benzene rings is 3. The molecule has 0 radical (unpaired) electrons. The number of nitrogens with one attached hydrogen (secondary N) is 3. The molecule has 0 spiro atoms. The van der Waals surface area contributed by atoms with Gasteiger partial charge in [0, 0.05) is 29.9 Å². The standard InChI is InChI=1S/C24H23N3O3/c28-22(17-18-7-3-1-4-8-18)27-21-13-11-20(12-14-21)24(30)26-16-15-25-23(29)19-9-5-2-6-10-19/h1-14H,15-17H2,(H,25,29)(H,26,30)(H,27,28). The fourth-order valence-electron chi connectivity index (χ4n) is 2.84.